The first-order valence-electron chi connectivity index (χ1n) is 7.63. The molecule has 0 bridgehead atoms. The van der Waals surface area contributed by atoms with Crippen LogP contribution in [0.25, 0.3) is 0 Å². The quantitative estimate of drug-likeness (QED) is 0.610. The summed E-state index contributed by atoms with van der Waals surface area (Å²) in [7, 11) is -3.55. The van der Waals surface area contributed by atoms with Gasteiger partial charge < -0.3 is 16.4 Å². The van der Waals surface area contributed by atoms with E-state index >= 15 is 0 Å². The molecule has 0 spiro atoms. The lowest BCUT2D eigenvalue weighted by Gasteiger charge is -2.34. The molecule has 0 aliphatic rings. The van der Waals surface area contributed by atoms with Gasteiger partial charge in [0, 0.05) is 23.9 Å². The normalized spacial score (nSPS) is 11.7. The van der Waals surface area contributed by atoms with Gasteiger partial charge in [-0.25, -0.2) is 8.42 Å². The SMILES string of the molecule is Cc1cc(N(C(C)C)C(C)C)c(S(C)(=O)=O)cc1C(=O)N=C(N)N. The summed E-state index contributed by atoms with van der Waals surface area (Å²) in [6.45, 7) is 9.67. The maximum atomic E-state index is 12.3. The molecule has 0 fully saturated rings. The highest BCUT2D eigenvalue weighted by Crippen LogP contribution is 2.32. The molecular weight excluding hydrogens is 328 g/mol. The van der Waals surface area contributed by atoms with Gasteiger partial charge in [0.25, 0.3) is 5.91 Å². The van der Waals surface area contributed by atoms with E-state index in [1.165, 1.54) is 6.07 Å². The van der Waals surface area contributed by atoms with Crippen molar-refractivity contribution in [2.75, 3.05) is 11.2 Å². The molecule has 24 heavy (non-hydrogen) atoms. The number of carbonyl (C=O) groups excluding carboxylic acids is 1. The Morgan fingerprint density at radius 1 is 1.12 bits per heavy atom. The van der Waals surface area contributed by atoms with Crippen LogP contribution in [0.15, 0.2) is 22.0 Å². The van der Waals surface area contributed by atoms with Crippen molar-refractivity contribution in [2.24, 2.45) is 16.5 Å². The fourth-order valence-corrected chi connectivity index (χ4v) is 3.61. The lowest BCUT2D eigenvalue weighted by molar-refractivity contribution is 0.100. The third kappa shape index (κ3) is 4.47. The molecule has 1 aromatic carbocycles. The minimum atomic E-state index is -3.55. The molecule has 0 aromatic heterocycles. The van der Waals surface area contributed by atoms with Crippen LogP contribution in [0.5, 0.6) is 0 Å². The Morgan fingerprint density at radius 2 is 1.62 bits per heavy atom. The molecular formula is C16H26N4O3S. The van der Waals surface area contributed by atoms with E-state index in [2.05, 4.69) is 4.99 Å². The lowest BCUT2D eigenvalue weighted by Crippen LogP contribution is -2.38. The summed E-state index contributed by atoms with van der Waals surface area (Å²) in [5, 5.41) is 0. The second-order valence-corrected chi connectivity index (χ2v) is 8.33. The number of nitrogens with two attached hydrogens (primary N) is 2. The van der Waals surface area contributed by atoms with Crippen LogP contribution >= 0.6 is 0 Å². The lowest BCUT2D eigenvalue weighted by atomic mass is 10.0. The van der Waals surface area contributed by atoms with E-state index in [0.29, 0.717) is 11.3 Å². The second-order valence-electron chi connectivity index (χ2n) is 6.34. The van der Waals surface area contributed by atoms with E-state index in [1.54, 1.807) is 13.0 Å². The molecule has 7 nitrogen and oxygen atoms in total. The number of hydrogen-bond acceptors (Lipinski definition) is 4. The van der Waals surface area contributed by atoms with Crippen LogP contribution in [0, 0.1) is 6.92 Å². The summed E-state index contributed by atoms with van der Waals surface area (Å²) in [5.41, 5.74) is 11.8. The van der Waals surface area contributed by atoms with Gasteiger partial charge in [-0.1, -0.05) is 0 Å². The van der Waals surface area contributed by atoms with Crippen LogP contribution in [0.2, 0.25) is 0 Å². The molecule has 1 aromatic rings. The van der Waals surface area contributed by atoms with Crippen molar-refractivity contribution in [3.8, 4) is 0 Å². The first kappa shape index (κ1) is 20.0. The first-order valence-corrected chi connectivity index (χ1v) is 9.52. The zero-order valence-corrected chi connectivity index (χ0v) is 15.8. The van der Waals surface area contributed by atoms with E-state index in [-0.39, 0.29) is 28.5 Å². The van der Waals surface area contributed by atoms with E-state index in [0.717, 1.165) is 6.26 Å². The number of sulfone groups is 1. The molecule has 134 valence electrons. The highest BCUT2D eigenvalue weighted by molar-refractivity contribution is 7.90. The number of anilines is 1. The minimum Gasteiger partial charge on any atom is -0.370 e. The second kappa shape index (κ2) is 7.21. The molecule has 0 atom stereocenters. The summed E-state index contributed by atoms with van der Waals surface area (Å²) >= 11 is 0. The van der Waals surface area contributed by atoms with Crippen molar-refractivity contribution in [3.05, 3.63) is 23.3 Å². The van der Waals surface area contributed by atoms with Crippen molar-refractivity contribution in [3.63, 3.8) is 0 Å². The summed E-state index contributed by atoms with van der Waals surface area (Å²) in [6.07, 6.45) is 1.12. The standard InChI is InChI=1S/C16H26N4O3S/c1-9(2)20(10(3)4)13-7-11(5)12(15(21)19-16(17)18)8-14(13)24(6,22)23/h7-10H,1-6H3,(H4,17,18,19,21). The van der Waals surface area contributed by atoms with E-state index in [9.17, 15) is 13.2 Å². The van der Waals surface area contributed by atoms with Crippen LogP contribution in [-0.4, -0.2) is 38.6 Å². The van der Waals surface area contributed by atoms with Gasteiger partial charge in [-0.3, -0.25) is 4.79 Å². The topological polar surface area (TPSA) is 119 Å². The third-order valence-electron chi connectivity index (χ3n) is 3.56. The van der Waals surface area contributed by atoms with Crippen LogP contribution in [0.3, 0.4) is 0 Å². The molecule has 0 saturated carbocycles. The number of carbonyl (C=O) groups is 1. The first-order chi connectivity index (χ1) is 10.9. The van der Waals surface area contributed by atoms with Gasteiger partial charge in [-0.15, -0.1) is 0 Å². The summed E-state index contributed by atoms with van der Waals surface area (Å²) in [6, 6.07) is 3.23. The van der Waals surface area contributed by atoms with Crippen molar-refractivity contribution < 1.29 is 13.2 Å². The van der Waals surface area contributed by atoms with E-state index < -0.39 is 15.7 Å². The monoisotopic (exact) mass is 354 g/mol. The third-order valence-corrected chi connectivity index (χ3v) is 4.68. The molecule has 0 aliphatic carbocycles. The largest absolute Gasteiger partial charge is 0.370 e. The smallest absolute Gasteiger partial charge is 0.280 e. The van der Waals surface area contributed by atoms with Crippen molar-refractivity contribution in [1.82, 2.24) is 0 Å². The average Bonchev–Trinajstić information content (AvgIpc) is 2.35. The predicted molar refractivity (Wildman–Crippen MR) is 97.2 cm³/mol. The Bertz CT molecular complexity index is 756. The van der Waals surface area contributed by atoms with Crippen LogP contribution in [-0.2, 0) is 9.84 Å². The van der Waals surface area contributed by atoms with Crippen LogP contribution < -0.4 is 16.4 Å². The van der Waals surface area contributed by atoms with Gasteiger partial charge in [0.2, 0.25) is 0 Å². The number of guanidine groups is 1. The number of nitrogens with zero attached hydrogens (tertiary/aromatic N) is 2. The number of benzene rings is 1. The number of aryl methyl sites for hydroxylation is 1. The van der Waals surface area contributed by atoms with Gasteiger partial charge in [0.1, 0.15) is 0 Å². The fourth-order valence-electron chi connectivity index (χ4n) is 2.73. The molecule has 0 unspecified atom stereocenters. The summed E-state index contributed by atoms with van der Waals surface area (Å²) < 4.78 is 24.6. The van der Waals surface area contributed by atoms with Crippen molar-refractivity contribution >= 4 is 27.4 Å². The maximum absolute atomic E-state index is 12.3. The molecule has 8 heteroatoms. The van der Waals surface area contributed by atoms with Gasteiger partial charge in [-0.05, 0) is 52.3 Å². The molecule has 0 radical (unpaired) electrons. The Labute approximate surface area is 143 Å². The Balaban J connectivity index is 3.73. The van der Waals surface area contributed by atoms with Crippen LogP contribution in [0.1, 0.15) is 43.6 Å². The van der Waals surface area contributed by atoms with Gasteiger partial charge in [0.15, 0.2) is 15.8 Å². The molecule has 1 rings (SSSR count). The Hall–Kier alpha value is -2.09. The highest BCUT2D eigenvalue weighted by atomic mass is 32.2. The van der Waals surface area contributed by atoms with E-state index in [1.807, 2.05) is 32.6 Å². The number of amides is 1. The number of rotatable bonds is 5. The predicted octanol–water partition coefficient (Wildman–Crippen LogP) is 1.44. The van der Waals surface area contributed by atoms with Crippen LogP contribution in [0.4, 0.5) is 5.69 Å². The molecule has 0 heterocycles. The molecule has 1 amide bonds. The zero-order valence-electron chi connectivity index (χ0n) is 15.0. The van der Waals surface area contributed by atoms with Gasteiger partial charge in [0.05, 0.1) is 10.6 Å². The molecule has 0 saturated heterocycles. The molecule has 0 aliphatic heterocycles. The van der Waals surface area contributed by atoms with Gasteiger partial charge in [-0.2, -0.15) is 4.99 Å². The fraction of sp³-hybridized carbons (Fsp3) is 0.500. The highest BCUT2D eigenvalue weighted by Gasteiger charge is 2.25. The van der Waals surface area contributed by atoms with E-state index in [4.69, 9.17) is 11.5 Å². The van der Waals surface area contributed by atoms with Crippen molar-refractivity contribution in [2.45, 2.75) is 51.6 Å². The Kier molecular flexibility index (Phi) is 5.99. The Morgan fingerprint density at radius 3 is 2.00 bits per heavy atom. The average molecular weight is 354 g/mol. The number of hydrogen-bond donors (Lipinski definition) is 2. The zero-order chi connectivity index (χ0) is 18.8. The minimum absolute atomic E-state index is 0.0872. The van der Waals surface area contributed by atoms with Crippen molar-refractivity contribution in [1.29, 1.82) is 0 Å². The number of aliphatic imine (C=N–C) groups is 1. The summed E-state index contributed by atoms with van der Waals surface area (Å²) in [4.78, 5) is 17.7. The molecule has 4 N–H and O–H groups in total. The summed E-state index contributed by atoms with van der Waals surface area (Å²) in [5.74, 6) is -1.03. The van der Waals surface area contributed by atoms with Gasteiger partial charge >= 0.3 is 0 Å². The maximum Gasteiger partial charge on any atom is 0.280 e.